The Morgan fingerprint density at radius 3 is 2.44 bits per heavy atom. The number of hydrogen-bond acceptors (Lipinski definition) is 6. The molecule has 5 N–H and O–H groups in total. The van der Waals surface area contributed by atoms with Gasteiger partial charge >= 0.3 is 0 Å². The van der Waals surface area contributed by atoms with Gasteiger partial charge in [-0.3, -0.25) is 4.79 Å². The molecule has 0 spiro atoms. The first kappa shape index (κ1) is 24.6. The van der Waals surface area contributed by atoms with Gasteiger partial charge in [0.15, 0.2) is 0 Å². The zero-order chi connectivity index (χ0) is 25.5. The first-order chi connectivity index (χ1) is 17.4. The van der Waals surface area contributed by atoms with E-state index in [4.69, 9.17) is 10.5 Å². The predicted molar refractivity (Wildman–Crippen MR) is 136 cm³/mol. The van der Waals surface area contributed by atoms with Crippen LogP contribution in [-0.4, -0.2) is 18.0 Å². The molecule has 184 valence electrons. The fourth-order valence-corrected chi connectivity index (χ4v) is 3.57. The average Bonchev–Trinajstić information content (AvgIpc) is 2.88. The van der Waals surface area contributed by atoms with Crippen LogP contribution < -0.4 is 26.4 Å². The molecule has 0 radical (unpaired) electrons. The van der Waals surface area contributed by atoms with Gasteiger partial charge in [0.1, 0.15) is 23.2 Å². The highest BCUT2D eigenvalue weighted by Gasteiger charge is 2.14. The van der Waals surface area contributed by atoms with Gasteiger partial charge in [-0.25, -0.2) is 13.8 Å². The predicted octanol–water partition coefficient (Wildman–Crippen LogP) is 5.24. The van der Waals surface area contributed by atoms with Crippen molar-refractivity contribution in [1.82, 2.24) is 10.3 Å². The van der Waals surface area contributed by atoms with Gasteiger partial charge in [-0.2, -0.15) is 0 Å². The van der Waals surface area contributed by atoms with Crippen molar-refractivity contribution in [2.45, 2.75) is 13.1 Å². The number of anilines is 4. The van der Waals surface area contributed by atoms with E-state index in [1.807, 2.05) is 24.3 Å². The summed E-state index contributed by atoms with van der Waals surface area (Å²) in [5, 5.41) is 8.87. The lowest BCUT2D eigenvalue weighted by molar-refractivity contribution is 0.102. The number of nitrogens with one attached hydrogen (secondary N) is 3. The Bertz CT molecular complexity index is 1360. The van der Waals surface area contributed by atoms with Crippen molar-refractivity contribution in [1.29, 1.82) is 0 Å². The maximum absolute atomic E-state index is 14.9. The van der Waals surface area contributed by atoms with Gasteiger partial charge in [-0.1, -0.05) is 24.3 Å². The molecule has 1 amide bonds. The van der Waals surface area contributed by atoms with Crippen molar-refractivity contribution in [2.24, 2.45) is 0 Å². The van der Waals surface area contributed by atoms with E-state index < -0.39 is 17.5 Å². The van der Waals surface area contributed by atoms with Crippen LogP contribution in [0.3, 0.4) is 0 Å². The zero-order valence-corrected chi connectivity index (χ0v) is 19.5. The third kappa shape index (κ3) is 5.94. The molecular weight excluding hydrogens is 464 g/mol. The monoisotopic (exact) mass is 489 g/mol. The maximum Gasteiger partial charge on any atom is 0.258 e. The van der Waals surface area contributed by atoms with E-state index >= 15 is 0 Å². The molecule has 0 aliphatic rings. The van der Waals surface area contributed by atoms with Crippen LogP contribution in [0.4, 0.5) is 31.7 Å². The number of carbonyl (C=O) groups excluding carboxylic acids is 1. The van der Waals surface area contributed by atoms with E-state index in [0.29, 0.717) is 30.2 Å². The fraction of sp³-hybridized carbons (Fsp3) is 0.111. The number of pyridine rings is 1. The molecule has 4 aromatic rings. The third-order valence-corrected chi connectivity index (χ3v) is 5.49. The normalized spacial score (nSPS) is 10.6. The number of halogens is 2. The molecule has 9 heteroatoms. The van der Waals surface area contributed by atoms with Gasteiger partial charge in [-0.15, -0.1) is 0 Å². The van der Waals surface area contributed by atoms with E-state index in [9.17, 15) is 13.6 Å². The Labute approximate surface area is 207 Å². The summed E-state index contributed by atoms with van der Waals surface area (Å²) in [4.78, 5) is 16.5. The molecule has 0 fully saturated rings. The molecule has 7 nitrogen and oxygen atoms in total. The molecule has 3 aromatic carbocycles. The largest absolute Gasteiger partial charge is 0.497 e. The number of hydrogen-bond donors (Lipinski definition) is 4. The van der Waals surface area contributed by atoms with E-state index in [-0.39, 0.29) is 16.9 Å². The molecule has 0 unspecified atom stereocenters. The number of aromatic nitrogens is 1. The molecule has 0 saturated heterocycles. The molecule has 1 heterocycles. The molecule has 0 aliphatic heterocycles. The van der Waals surface area contributed by atoms with Crippen LogP contribution in [-0.2, 0) is 13.1 Å². The van der Waals surface area contributed by atoms with Crippen LogP contribution in [0.2, 0.25) is 0 Å². The lowest BCUT2D eigenvalue weighted by Gasteiger charge is -2.16. The number of ether oxygens (including phenoxy) is 1. The van der Waals surface area contributed by atoms with Gasteiger partial charge < -0.3 is 26.4 Å². The minimum atomic E-state index is -0.666. The van der Waals surface area contributed by atoms with E-state index in [0.717, 1.165) is 17.4 Å². The molecule has 36 heavy (non-hydrogen) atoms. The minimum Gasteiger partial charge on any atom is -0.497 e. The molecule has 4 rings (SSSR count). The second-order valence-corrected chi connectivity index (χ2v) is 7.93. The van der Waals surface area contributed by atoms with Gasteiger partial charge in [-0.05, 0) is 54.1 Å². The van der Waals surface area contributed by atoms with Crippen LogP contribution >= 0.6 is 0 Å². The average molecular weight is 490 g/mol. The van der Waals surface area contributed by atoms with Crippen molar-refractivity contribution in [3.05, 3.63) is 107 Å². The smallest absolute Gasteiger partial charge is 0.258 e. The Morgan fingerprint density at radius 1 is 0.944 bits per heavy atom. The van der Waals surface area contributed by atoms with Crippen LogP contribution in [0.15, 0.2) is 79.0 Å². The summed E-state index contributed by atoms with van der Waals surface area (Å²) in [6.45, 7) is 0.981. The van der Waals surface area contributed by atoms with E-state index in [1.165, 1.54) is 36.5 Å². The number of benzene rings is 3. The summed E-state index contributed by atoms with van der Waals surface area (Å²) in [6.07, 6.45) is 1.53. The summed E-state index contributed by atoms with van der Waals surface area (Å²) in [7, 11) is 1.62. The number of nitrogens with zero attached hydrogens (tertiary/aromatic N) is 1. The van der Waals surface area contributed by atoms with Crippen LogP contribution in [0.1, 0.15) is 21.5 Å². The molecule has 1 aromatic heterocycles. The fourth-order valence-electron chi connectivity index (χ4n) is 3.57. The quantitative estimate of drug-likeness (QED) is 0.257. The lowest BCUT2D eigenvalue weighted by atomic mass is 10.1. The summed E-state index contributed by atoms with van der Waals surface area (Å²) < 4.78 is 33.9. The molecule has 0 saturated carbocycles. The molecular formula is C27H25F2N5O2. The van der Waals surface area contributed by atoms with Crippen molar-refractivity contribution in [3.8, 4) is 5.75 Å². The zero-order valence-electron chi connectivity index (χ0n) is 19.5. The van der Waals surface area contributed by atoms with Crippen LogP contribution in [0.25, 0.3) is 0 Å². The van der Waals surface area contributed by atoms with Crippen LogP contribution in [0.5, 0.6) is 5.75 Å². The summed E-state index contributed by atoms with van der Waals surface area (Å²) in [6, 6.07) is 19.1. The number of methoxy groups -OCH3 is 1. The number of amides is 1. The third-order valence-electron chi connectivity index (χ3n) is 5.49. The number of carbonyl (C=O) groups is 1. The lowest BCUT2D eigenvalue weighted by Crippen LogP contribution is -2.16. The SMILES string of the molecule is COc1ccc(CNCc2c(Nc3ccc(NC(=O)c4ccccc4F)cc3F)ccnc2N)cc1. The van der Waals surface area contributed by atoms with E-state index in [2.05, 4.69) is 20.9 Å². The number of nitrogen functional groups attached to an aromatic ring is 1. The summed E-state index contributed by atoms with van der Waals surface area (Å²) >= 11 is 0. The minimum absolute atomic E-state index is 0.126. The summed E-state index contributed by atoms with van der Waals surface area (Å²) in [5.41, 5.74) is 8.68. The first-order valence-corrected chi connectivity index (χ1v) is 11.1. The molecule has 0 aliphatic carbocycles. The summed E-state index contributed by atoms with van der Waals surface area (Å²) in [5.74, 6) is -0.829. The van der Waals surface area contributed by atoms with Gasteiger partial charge in [0.05, 0.1) is 18.4 Å². The van der Waals surface area contributed by atoms with E-state index in [1.54, 1.807) is 19.2 Å². The van der Waals surface area contributed by atoms with Crippen molar-refractivity contribution in [3.63, 3.8) is 0 Å². The Hall–Kier alpha value is -4.50. The van der Waals surface area contributed by atoms with Gasteiger partial charge in [0.25, 0.3) is 5.91 Å². The second kappa shape index (κ2) is 11.3. The highest BCUT2D eigenvalue weighted by molar-refractivity contribution is 6.04. The topological polar surface area (TPSA) is 101 Å². The Morgan fingerprint density at radius 2 is 1.72 bits per heavy atom. The highest BCUT2D eigenvalue weighted by atomic mass is 19.1. The first-order valence-electron chi connectivity index (χ1n) is 11.1. The second-order valence-electron chi connectivity index (χ2n) is 7.93. The van der Waals surface area contributed by atoms with Crippen LogP contribution in [0, 0.1) is 11.6 Å². The van der Waals surface area contributed by atoms with Crippen molar-refractivity contribution >= 4 is 28.8 Å². The number of rotatable bonds is 9. The van der Waals surface area contributed by atoms with Crippen molar-refractivity contribution < 1.29 is 18.3 Å². The Kier molecular flexibility index (Phi) is 7.72. The number of nitrogens with two attached hydrogens (primary N) is 1. The molecule has 0 atom stereocenters. The highest BCUT2D eigenvalue weighted by Crippen LogP contribution is 2.27. The Balaban J connectivity index is 1.43. The van der Waals surface area contributed by atoms with Gasteiger partial charge in [0.2, 0.25) is 0 Å². The van der Waals surface area contributed by atoms with Gasteiger partial charge in [0, 0.05) is 36.2 Å². The molecule has 0 bridgehead atoms. The van der Waals surface area contributed by atoms with Crippen molar-refractivity contribution in [2.75, 3.05) is 23.5 Å². The maximum atomic E-state index is 14.9. The standard InChI is InChI=1S/C27H25F2N5O2/c1-36-19-9-6-17(7-10-19)15-31-16-21-24(12-13-32-26(21)30)34-25-11-8-18(14-23(25)29)33-27(35)20-4-2-3-5-22(20)28/h2-14,31H,15-16H2,1H3,(H,33,35)(H3,30,32,34).